The summed E-state index contributed by atoms with van der Waals surface area (Å²) < 4.78 is 16.7. The van der Waals surface area contributed by atoms with E-state index in [-0.39, 0.29) is 31.1 Å². The van der Waals surface area contributed by atoms with Crippen molar-refractivity contribution >= 4 is 12.4 Å². The first-order valence-electron chi connectivity index (χ1n) is 7.71. The van der Waals surface area contributed by atoms with Crippen LogP contribution in [0.25, 0.3) is 5.82 Å². The van der Waals surface area contributed by atoms with Crippen LogP contribution in [0, 0.1) is 11.8 Å². The molecule has 0 fully saturated rings. The Bertz CT molecular complexity index is 1070. The Balaban J connectivity index is 0.00000261. The van der Waals surface area contributed by atoms with E-state index in [1.807, 2.05) is 7.05 Å². The van der Waals surface area contributed by atoms with Crippen molar-refractivity contribution in [2.45, 2.75) is 6.54 Å². The van der Waals surface area contributed by atoms with Crippen LogP contribution >= 0.6 is 12.4 Å². The molecule has 0 aromatic carbocycles. The topological polar surface area (TPSA) is 96.6 Å². The van der Waals surface area contributed by atoms with E-state index < -0.39 is 5.69 Å². The number of aryl methyl sites for hydroxylation is 1. The molecule has 3 rings (SSSR count). The molecule has 0 saturated carbocycles. The first kappa shape index (κ1) is 20.1. The molecule has 3 heterocycles. The minimum Gasteiger partial charge on any atom is -0.327 e. The van der Waals surface area contributed by atoms with Gasteiger partial charge in [0.2, 0.25) is 0 Å². The Hall–Kier alpha value is -3.22. The number of hydrogen-bond donors (Lipinski definition) is 1. The highest BCUT2D eigenvalue weighted by Crippen LogP contribution is 2.04. The average molecular weight is 390 g/mol. The zero-order valence-corrected chi connectivity index (χ0v) is 15.2. The van der Waals surface area contributed by atoms with Crippen LogP contribution in [-0.2, 0) is 13.6 Å². The van der Waals surface area contributed by atoms with Crippen LogP contribution in [-0.4, -0.2) is 35.7 Å². The minimum atomic E-state index is -0.442. The monoisotopic (exact) mass is 389 g/mol. The summed E-state index contributed by atoms with van der Waals surface area (Å²) in [5.74, 6) is 6.26. The molecule has 140 valence electrons. The normalized spacial score (nSPS) is 10.9. The Kier molecular flexibility index (Phi) is 6.65. The number of pyridine rings is 1. The summed E-state index contributed by atoms with van der Waals surface area (Å²) in [5, 5.41) is 8.01. The van der Waals surface area contributed by atoms with Gasteiger partial charge in [-0.2, -0.15) is 10.2 Å². The fraction of sp³-hybridized carbons (Fsp3) is 0.176. The molecule has 0 unspecified atom stereocenters. The van der Waals surface area contributed by atoms with Gasteiger partial charge in [-0.25, -0.2) is 23.4 Å². The summed E-state index contributed by atoms with van der Waals surface area (Å²) in [5.41, 5.74) is 6.49. The van der Waals surface area contributed by atoms with E-state index in [4.69, 9.17) is 5.73 Å². The first-order chi connectivity index (χ1) is 12.6. The Labute approximate surface area is 160 Å². The third-order valence-electron chi connectivity index (χ3n) is 3.52. The molecular formula is C17H17ClFN7O. The van der Waals surface area contributed by atoms with Gasteiger partial charge >= 0.3 is 5.69 Å². The van der Waals surface area contributed by atoms with Crippen molar-refractivity contribution in [3.63, 3.8) is 0 Å². The largest absolute Gasteiger partial charge is 0.351 e. The van der Waals surface area contributed by atoms with E-state index in [1.54, 1.807) is 35.3 Å². The van der Waals surface area contributed by atoms with Crippen molar-refractivity contribution in [3.05, 3.63) is 70.6 Å². The zero-order chi connectivity index (χ0) is 18.5. The molecule has 0 saturated heterocycles. The number of nitrogens with two attached hydrogens (primary N) is 1. The maximum Gasteiger partial charge on any atom is 0.351 e. The number of nitrogens with zero attached hydrogens (tertiary/aromatic N) is 6. The summed E-state index contributed by atoms with van der Waals surface area (Å²) in [6.45, 7) is -0.00714. The van der Waals surface area contributed by atoms with Gasteiger partial charge in [0, 0.05) is 19.8 Å². The Morgan fingerprint density at radius 1 is 1.33 bits per heavy atom. The van der Waals surface area contributed by atoms with Crippen molar-refractivity contribution in [3.8, 4) is 17.7 Å². The molecule has 0 aliphatic heterocycles. The van der Waals surface area contributed by atoms with Crippen LogP contribution in [0.2, 0.25) is 0 Å². The van der Waals surface area contributed by atoms with Crippen LogP contribution in [0.1, 0.15) is 11.3 Å². The van der Waals surface area contributed by atoms with E-state index in [0.29, 0.717) is 17.8 Å². The summed E-state index contributed by atoms with van der Waals surface area (Å²) >= 11 is 0. The first-order valence-corrected chi connectivity index (χ1v) is 7.71. The molecule has 0 aliphatic rings. The predicted octanol–water partition coefficient (Wildman–Crippen LogP) is 0.796. The van der Waals surface area contributed by atoms with Gasteiger partial charge in [-0.1, -0.05) is 12.0 Å². The SMILES string of the molecule is Cl.Cn1cc(C#Cc2cccc(-n3cnn(C/C(=C/F)CN)c3=O)n2)cn1. The second kappa shape index (κ2) is 8.93. The number of halogens is 2. The average Bonchev–Trinajstić information content (AvgIpc) is 3.24. The molecule has 0 radical (unpaired) electrons. The molecule has 3 aromatic rings. The molecule has 0 amide bonds. The maximum absolute atomic E-state index is 12.7. The molecule has 2 N–H and O–H groups in total. The molecule has 0 bridgehead atoms. The van der Waals surface area contributed by atoms with Crippen molar-refractivity contribution in [2.75, 3.05) is 6.54 Å². The summed E-state index contributed by atoms with van der Waals surface area (Å²) in [6.07, 6.45) is 5.16. The van der Waals surface area contributed by atoms with Crippen molar-refractivity contribution < 1.29 is 4.39 Å². The highest BCUT2D eigenvalue weighted by atomic mass is 35.5. The minimum absolute atomic E-state index is 0. The second-order valence-corrected chi connectivity index (χ2v) is 5.45. The number of hydrogen-bond acceptors (Lipinski definition) is 5. The Morgan fingerprint density at radius 3 is 2.81 bits per heavy atom. The third-order valence-corrected chi connectivity index (χ3v) is 3.52. The van der Waals surface area contributed by atoms with Gasteiger partial charge in [0.25, 0.3) is 0 Å². The lowest BCUT2D eigenvalue weighted by atomic mass is 10.3. The molecule has 8 nitrogen and oxygen atoms in total. The van der Waals surface area contributed by atoms with Crippen molar-refractivity contribution in [1.82, 2.24) is 29.1 Å². The molecule has 0 atom stereocenters. The lowest BCUT2D eigenvalue weighted by Gasteiger charge is -2.02. The van der Waals surface area contributed by atoms with Gasteiger partial charge in [-0.15, -0.1) is 12.4 Å². The lowest BCUT2D eigenvalue weighted by molar-refractivity contribution is 0.612. The van der Waals surface area contributed by atoms with Gasteiger partial charge in [-0.3, -0.25) is 4.68 Å². The molecule has 27 heavy (non-hydrogen) atoms. The maximum atomic E-state index is 12.7. The van der Waals surface area contributed by atoms with Crippen LogP contribution in [0.4, 0.5) is 4.39 Å². The molecule has 0 aliphatic carbocycles. The van der Waals surface area contributed by atoms with E-state index in [1.165, 1.54) is 10.9 Å². The predicted molar refractivity (Wildman–Crippen MR) is 100 cm³/mol. The summed E-state index contributed by atoms with van der Waals surface area (Å²) in [7, 11) is 1.81. The second-order valence-electron chi connectivity index (χ2n) is 5.45. The van der Waals surface area contributed by atoms with Gasteiger partial charge < -0.3 is 5.73 Å². The van der Waals surface area contributed by atoms with E-state index in [2.05, 4.69) is 27.0 Å². The van der Waals surface area contributed by atoms with Crippen LogP contribution < -0.4 is 11.4 Å². The van der Waals surface area contributed by atoms with Gasteiger partial charge in [0.05, 0.1) is 24.6 Å². The fourth-order valence-electron chi connectivity index (χ4n) is 2.19. The quantitative estimate of drug-likeness (QED) is 0.666. The van der Waals surface area contributed by atoms with E-state index in [0.717, 1.165) is 10.2 Å². The van der Waals surface area contributed by atoms with Crippen LogP contribution in [0.5, 0.6) is 0 Å². The fourth-order valence-corrected chi connectivity index (χ4v) is 2.19. The third kappa shape index (κ3) is 4.69. The smallest absolute Gasteiger partial charge is 0.327 e. The van der Waals surface area contributed by atoms with Crippen molar-refractivity contribution in [1.29, 1.82) is 0 Å². The standard InChI is InChI=1S/C17H16FN7O.ClH/c1-23-10-13(9-20-23)5-6-15-3-2-4-16(22-15)24-12-21-25(17(24)26)11-14(7-18)8-19;/h2-4,7,9-10,12H,8,11,19H2,1H3;1H/b14-7+;. The highest BCUT2D eigenvalue weighted by Gasteiger charge is 2.09. The number of aromatic nitrogens is 6. The highest BCUT2D eigenvalue weighted by molar-refractivity contribution is 5.85. The molecule has 3 aromatic heterocycles. The van der Waals surface area contributed by atoms with Crippen LogP contribution in [0.3, 0.4) is 0 Å². The van der Waals surface area contributed by atoms with E-state index >= 15 is 0 Å². The lowest BCUT2D eigenvalue weighted by Crippen LogP contribution is -2.26. The molecular weight excluding hydrogens is 373 g/mol. The van der Waals surface area contributed by atoms with Crippen LogP contribution in [0.15, 0.2) is 53.6 Å². The van der Waals surface area contributed by atoms with Gasteiger partial charge in [-0.05, 0) is 23.6 Å². The van der Waals surface area contributed by atoms with Gasteiger partial charge in [0.1, 0.15) is 17.8 Å². The number of rotatable bonds is 4. The van der Waals surface area contributed by atoms with Gasteiger partial charge in [0.15, 0.2) is 0 Å². The van der Waals surface area contributed by atoms with Crippen molar-refractivity contribution in [2.24, 2.45) is 12.8 Å². The molecule has 10 heteroatoms. The summed E-state index contributed by atoms with van der Waals surface area (Å²) in [4.78, 5) is 16.8. The Morgan fingerprint density at radius 2 is 2.15 bits per heavy atom. The zero-order valence-electron chi connectivity index (χ0n) is 14.4. The summed E-state index contributed by atoms with van der Waals surface area (Å²) in [6, 6.07) is 5.14. The van der Waals surface area contributed by atoms with E-state index in [9.17, 15) is 9.18 Å². The molecule has 0 spiro atoms.